The molecule has 2 aromatic carbocycles. The van der Waals surface area contributed by atoms with Gasteiger partial charge >= 0.3 is 0 Å². The van der Waals surface area contributed by atoms with Crippen molar-refractivity contribution in [3.8, 4) is 23.1 Å². The monoisotopic (exact) mass is 455 g/mol. The van der Waals surface area contributed by atoms with Crippen molar-refractivity contribution in [1.29, 1.82) is 0 Å². The van der Waals surface area contributed by atoms with Gasteiger partial charge in [0.2, 0.25) is 11.8 Å². The molecule has 0 fully saturated rings. The van der Waals surface area contributed by atoms with Crippen LogP contribution in [0.4, 0.5) is 11.6 Å². The van der Waals surface area contributed by atoms with Crippen LogP contribution in [0.2, 0.25) is 0 Å². The fourth-order valence-electron chi connectivity index (χ4n) is 4.21. The number of carbonyl (C=O) groups is 1. The van der Waals surface area contributed by atoms with E-state index in [1.54, 1.807) is 23.1 Å². The summed E-state index contributed by atoms with van der Waals surface area (Å²) in [6, 6.07) is 18.0. The van der Waals surface area contributed by atoms with Gasteiger partial charge in [0.25, 0.3) is 5.91 Å². The van der Waals surface area contributed by atoms with Crippen LogP contribution in [0, 0.1) is 0 Å². The number of nitrogens with zero attached hydrogens (tertiary/aromatic N) is 3. The van der Waals surface area contributed by atoms with Crippen LogP contribution in [0.15, 0.2) is 82.6 Å². The molecule has 1 atom stereocenters. The number of nitrogens with one attached hydrogen (secondary N) is 2. The summed E-state index contributed by atoms with van der Waals surface area (Å²) in [5.41, 5.74) is 2.72. The van der Waals surface area contributed by atoms with Crippen LogP contribution in [-0.2, 0) is 4.79 Å². The van der Waals surface area contributed by atoms with E-state index in [2.05, 4.69) is 15.6 Å². The Kier molecular flexibility index (Phi) is 4.80. The third-order valence-corrected chi connectivity index (χ3v) is 5.75. The molecule has 0 saturated carbocycles. The second-order valence-electron chi connectivity index (χ2n) is 7.97. The molecule has 0 radical (unpaired) electrons. The van der Waals surface area contributed by atoms with Crippen LogP contribution < -0.4 is 20.1 Å². The Morgan fingerprint density at radius 1 is 1.06 bits per heavy atom. The normalized spacial score (nSPS) is 16.6. The smallest absolute Gasteiger partial charge is 0.255 e. The second-order valence-corrected chi connectivity index (χ2v) is 7.97. The lowest BCUT2D eigenvalue weighted by Gasteiger charge is -2.29. The minimum Gasteiger partial charge on any atom is -0.486 e. The predicted molar refractivity (Wildman–Crippen MR) is 125 cm³/mol. The van der Waals surface area contributed by atoms with E-state index in [0.717, 1.165) is 5.56 Å². The first-order valence-electron chi connectivity index (χ1n) is 10.9. The molecule has 1 unspecified atom stereocenters. The van der Waals surface area contributed by atoms with E-state index >= 15 is 0 Å². The highest BCUT2D eigenvalue weighted by atomic mass is 16.6. The molecule has 2 N–H and O–H groups in total. The first-order chi connectivity index (χ1) is 16.7. The first-order valence-corrected chi connectivity index (χ1v) is 10.9. The summed E-state index contributed by atoms with van der Waals surface area (Å²) in [5, 5.41) is 10.9. The minimum atomic E-state index is -0.549. The molecular formula is C25H21N5O4. The fraction of sp³-hybridized carbons (Fsp3) is 0.160. The molecule has 2 aliphatic rings. The second kappa shape index (κ2) is 8.11. The highest BCUT2D eigenvalue weighted by Gasteiger charge is 2.35. The van der Waals surface area contributed by atoms with Crippen molar-refractivity contribution < 1.29 is 18.7 Å². The van der Waals surface area contributed by atoms with Gasteiger partial charge in [-0.05, 0) is 48.9 Å². The van der Waals surface area contributed by atoms with Gasteiger partial charge < -0.3 is 24.5 Å². The number of fused-ring (bicyclic) bond motifs is 2. The molecule has 0 spiro atoms. The van der Waals surface area contributed by atoms with Crippen molar-refractivity contribution in [2.45, 2.75) is 13.0 Å². The summed E-state index contributed by atoms with van der Waals surface area (Å²) in [6.07, 6.45) is 1.57. The standard InChI is InChI=1S/C25H21N5O4/c1-15-21(24(31)27-17-6-3-2-4-7-17)22(16-9-10-18-20(14-16)34-13-12-33-18)30-25(26-15)28-23(29-30)19-8-5-11-32-19/h2-11,14,22H,12-13H2,1H3,(H,27,31)(H,26,28,29). The minimum absolute atomic E-state index is 0.239. The molecule has 9 heteroatoms. The molecule has 0 aliphatic carbocycles. The van der Waals surface area contributed by atoms with Crippen molar-refractivity contribution in [2.24, 2.45) is 0 Å². The molecule has 2 aromatic heterocycles. The Morgan fingerprint density at radius 2 is 1.88 bits per heavy atom. The number of allylic oxidation sites excluding steroid dienone is 1. The number of anilines is 2. The van der Waals surface area contributed by atoms with Crippen LogP contribution in [0.1, 0.15) is 18.5 Å². The molecule has 34 heavy (non-hydrogen) atoms. The van der Waals surface area contributed by atoms with Gasteiger partial charge in [0.15, 0.2) is 17.3 Å². The summed E-state index contributed by atoms with van der Waals surface area (Å²) >= 11 is 0. The van der Waals surface area contributed by atoms with E-state index in [9.17, 15) is 4.79 Å². The van der Waals surface area contributed by atoms with Gasteiger partial charge in [-0.3, -0.25) is 4.79 Å². The number of amides is 1. The van der Waals surface area contributed by atoms with Gasteiger partial charge in [-0.1, -0.05) is 24.3 Å². The molecule has 4 heterocycles. The summed E-state index contributed by atoms with van der Waals surface area (Å²) in [6.45, 7) is 2.83. The number of ether oxygens (including phenoxy) is 2. The Hall–Kier alpha value is -4.53. The Bertz CT molecular complexity index is 1390. The first kappa shape index (κ1) is 20.1. The molecule has 0 bridgehead atoms. The Balaban J connectivity index is 1.46. The topological polar surface area (TPSA) is 103 Å². The van der Waals surface area contributed by atoms with E-state index < -0.39 is 6.04 Å². The number of rotatable bonds is 4. The fourth-order valence-corrected chi connectivity index (χ4v) is 4.21. The highest BCUT2D eigenvalue weighted by Crippen LogP contribution is 2.40. The largest absolute Gasteiger partial charge is 0.486 e. The maximum absolute atomic E-state index is 13.6. The van der Waals surface area contributed by atoms with Gasteiger partial charge in [-0.25, -0.2) is 4.68 Å². The lowest BCUT2D eigenvalue weighted by Crippen LogP contribution is -2.31. The zero-order valence-electron chi connectivity index (χ0n) is 18.3. The summed E-state index contributed by atoms with van der Waals surface area (Å²) in [5.74, 6) is 2.55. The van der Waals surface area contributed by atoms with Crippen LogP contribution >= 0.6 is 0 Å². The van der Waals surface area contributed by atoms with Gasteiger partial charge in [0.05, 0.1) is 11.8 Å². The van der Waals surface area contributed by atoms with Crippen molar-refractivity contribution in [2.75, 3.05) is 23.8 Å². The van der Waals surface area contributed by atoms with Crippen molar-refractivity contribution in [3.63, 3.8) is 0 Å². The van der Waals surface area contributed by atoms with Crippen LogP contribution in [-0.4, -0.2) is 33.9 Å². The average Bonchev–Trinajstić information content (AvgIpc) is 3.53. The van der Waals surface area contributed by atoms with E-state index in [4.69, 9.17) is 19.0 Å². The molecule has 0 saturated heterocycles. The molecule has 4 aromatic rings. The number of para-hydroxylation sites is 1. The molecule has 2 aliphatic heterocycles. The third-order valence-electron chi connectivity index (χ3n) is 5.75. The summed E-state index contributed by atoms with van der Waals surface area (Å²) in [4.78, 5) is 18.2. The number of benzene rings is 2. The summed E-state index contributed by atoms with van der Waals surface area (Å²) < 4.78 is 18.7. The van der Waals surface area contributed by atoms with Crippen molar-refractivity contribution in [1.82, 2.24) is 14.8 Å². The number of furan rings is 1. The van der Waals surface area contributed by atoms with E-state index in [1.165, 1.54) is 0 Å². The average molecular weight is 455 g/mol. The van der Waals surface area contributed by atoms with Gasteiger partial charge in [0.1, 0.15) is 19.3 Å². The quantitative estimate of drug-likeness (QED) is 0.474. The Morgan fingerprint density at radius 3 is 2.68 bits per heavy atom. The number of carbonyl (C=O) groups excluding carboxylic acids is 1. The zero-order valence-corrected chi connectivity index (χ0v) is 18.3. The summed E-state index contributed by atoms with van der Waals surface area (Å²) in [7, 11) is 0. The van der Waals surface area contributed by atoms with Crippen molar-refractivity contribution >= 4 is 17.5 Å². The van der Waals surface area contributed by atoms with Crippen LogP contribution in [0.25, 0.3) is 11.6 Å². The lowest BCUT2D eigenvalue weighted by atomic mass is 9.94. The maximum Gasteiger partial charge on any atom is 0.255 e. The predicted octanol–water partition coefficient (Wildman–Crippen LogP) is 4.24. The van der Waals surface area contributed by atoms with Crippen molar-refractivity contribution in [3.05, 3.63) is 83.8 Å². The van der Waals surface area contributed by atoms with Gasteiger partial charge in [-0.15, -0.1) is 5.10 Å². The zero-order chi connectivity index (χ0) is 23.1. The van der Waals surface area contributed by atoms with Gasteiger partial charge in [0, 0.05) is 11.4 Å². The molecule has 9 nitrogen and oxygen atoms in total. The maximum atomic E-state index is 13.6. The van der Waals surface area contributed by atoms with E-state index in [1.807, 2.05) is 55.5 Å². The van der Waals surface area contributed by atoms with Crippen LogP contribution in [0.3, 0.4) is 0 Å². The molecule has 6 rings (SSSR count). The third kappa shape index (κ3) is 3.47. The number of hydrogen-bond acceptors (Lipinski definition) is 7. The molecular weight excluding hydrogens is 434 g/mol. The van der Waals surface area contributed by atoms with Gasteiger partial charge in [-0.2, -0.15) is 4.98 Å². The Labute approximate surface area is 195 Å². The number of aromatic nitrogens is 3. The SMILES string of the molecule is CC1=C(C(=O)Nc2ccccc2)C(c2ccc3c(c2)OCCO3)n2nc(-c3ccco3)nc2N1. The van der Waals surface area contributed by atoms with E-state index in [0.29, 0.717) is 59.2 Å². The van der Waals surface area contributed by atoms with Crippen LogP contribution in [0.5, 0.6) is 11.5 Å². The number of hydrogen-bond donors (Lipinski definition) is 2. The lowest BCUT2D eigenvalue weighted by molar-refractivity contribution is -0.113. The molecule has 1 amide bonds. The van der Waals surface area contributed by atoms with E-state index in [-0.39, 0.29) is 5.91 Å². The molecule has 170 valence electrons. The highest BCUT2D eigenvalue weighted by molar-refractivity contribution is 6.06.